The first kappa shape index (κ1) is 14.1. The van der Waals surface area contributed by atoms with Crippen LogP contribution in [0.4, 0.5) is 18.9 Å². The number of rotatable bonds is 1. The smallest absolute Gasteiger partial charge is 0.388 e. The summed E-state index contributed by atoms with van der Waals surface area (Å²) >= 11 is 5.49. The molecule has 0 spiro atoms. The van der Waals surface area contributed by atoms with Gasteiger partial charge in [-0.15, -0.1) is 0 Å². The predicted molar refractivity (Wildman–Crippen MR) is 57.3 cm³/mol. The first-order valence-corrected chi connectivity index (χ1v) is 4.87. The molecular formula is C10H13ClF3N. The van der Waals surface area contributed by atoms with E-state index >= 15 is 0 Å². The lowest BCUT2D eigenvalue weighted by Gasteiger charge is -2.09. The van der Waals surface area contributed by atoms with E-state index in [1.54, 1.807) is 0 Å². The molecule has 0 amide bonds. The fourth-order valence-electron chi connectivity index (χ4n) is 0.898. The van der Waals surface area contributed by atoms with Gasteiger partial charge in [-0.1, -0.05) is 25.4 Å². The number of alkyl halides is 3. The molecule has 0 radical (unpaired) electrons. The van der Waals surface area contributed by atoms with Crippen molar-refractivity contribution in [1.29, 1.82) is 0 Å². The molecule has 0 saturated carbocycles. The molecule has 0 aromatic heterocycles. The standard InChI is InChI=1S/C8H7ClF3N.C2H6/c1-13-7-3-5(8(10,11)12)2-6(9)4-7;1-2/h2-4,13H,1H3;1-2H3. The maximum atomic E-state index is 12.2. The third-order valence-corrected chi connectivity index (χ3v) is 1.73. The number of anilines is 1. The van der Waals surface area contributed by atoms with E-state index in [1.807, 2.05) is 13.8 Å². The summed E-state index contributed by atoms with van der Waals surface area (Å²) in [5.74, 6) is 0. The number of benzene rings is 1. The Hall–Kier alpha value is -0.900. The van der Waals surface area contributed by atoms with Crippen molar-refractivity contribution in [3.05, 3.63) is 28.8 Å². The van der Waals surface area contributed by atoms with Gasteiger partial charge in [-0.3, -0.25) is 0 Å². The topological polar surface area (TPSA) is 12.0 Å². The van der Waals surface area contributed by atoms with Gasteiger partial charge in [-0.05, 0) is 18.2 Å². The van der Waals surface area contributed by atoms with Crippen molar-refractivity contribution in [2.24, 2.45) is 0 Å². The fourth-order valence-corrected chi connectivity index (χ4v) is 1.13. The highest BCUT2D eigenvalue weighted by Gasteiger charge is 2.30. The first-order chi connectivity index (χ1) is 6.93. The second kappa shape index (κ2) is 5.85. The van der Waals surface area contributed by atoms with Crippen LogP contribution in [0.1, 0.15) is 19.4 Å². The maximum absolute atomic E-state index is 12.2. The summed E-state index contributed by atoms with van der Waals surface area (Å²) in [5, 5.41) is 2.66. The summed E-state index contributed by atoms with van der Waals surface area (Å²) in [4.78, 5) is 0. The molecule has 5 heteroatoms. The Morgan fingerprint density at radius 2 is 1.67 bits per heavy atom. The van der Waals surface area contributed by atoms with Gasteiger partial charge in [0, 0.05) is 17.8 Å². The van der Waals surface area contributed by atoms with Gasteiger partial charge in [0.05, 0.1) is 5.56 Å². The quantitative estimate of drug-likeness (QED) is 0.765. The SMILES string of the molecule is CC.CNc1cc(Cl)cc(C(F)(F)F)c1. The monoisotopic (exact) mass is 239 g/mol. The average molecular weight is 240 g/mol. The van der Waals surface area contributed by atoms with E-state index in [0.29, 0.717) is 5.69 Å². The van der Waals surface area contributed by atoms with Gasteiger partial charge >= 0.3 is 6.18 Å². The van der Waals surface area contributed by atoms with Crippen molar-refractivity contribution >= 4 is 17.3 Å². The van der Waals surface area contributed by atoms with Crippen LogP contribution < -0.4 is 5.32 Å². The van der Waals surface area contributed by atoms with E-state index in [-0.39, 0.29) is 5.02 Å². The van der Waals surface area contributed by atoms with E-state index in [0.717, 1.165) is 12.1 Å². The fraction of sp³-hybridized carbons (Fsp3) is 0.400. The van der Waals surface area contributed by atoms with Crippen molar-refractivity contribution in [2.75, 3.05) is 12.4 Å². The maximum Gasteiger partial charge on any atom is 0.416 e. The molecule has 1 aromatic rings. The minimum Gasteiger partial charge on any atom is -0.388 e. The lowest BCUT2D eigenvalue weighted by Crippen LogP contribution is -2.05. The first-order valence-electron chi connectivity index (χ1n) is 4.49. The van der Waals surface area contributed by atoms with Crippen molar-refractivity contribution < 1.29 is 13.2 Å². The van der Waals surface area contributed by atoms with Crippen molar-refractivity contribution in [3.63, 3.8) is 0 Å². The summed E-state index contributed by atoms with van der Waals surface area (Å²) in [6.07, 6.45) is -4.35. The molecule has 0 aliphatic carbocycles. The highest BCUT2D eigenvalue weighted by atomic mass is 35.5. The van der Waals surface area contributed by atoms with Gasteiger partial charge in [0.1, 0.15) is 0 Å². The highest BCUT2D eigenvalue weighted by molar-refractivity contribution is 6.30. The van der Waals surface area contributed by atoms with Gasteiger partial charge in [-0.2, -0.15) is 13.2 Å². The van der Waals surface area contributed by atoms with Crippen LogP contribution in [0, 0.1) is 0 Å². The molecule has 1 rings (SSSR count). The molecule has 0 bridgehead atoms. The van der Waals surface area contributed by atoms with E-state index in [4.69, 9.17) is 11.6 Å². The van der Waals surface area contributed by atoms with E-state index < -0.39 is 11.7 Å². The van der Waals surface area contributed by atoms with Crippen LogP contribution in [-0.4, -0.2) is 7.05 Å². The minimum absolute atomic E-state index is 0.0687. The average Bonchev–Trinajstić information content (AvgIpc) is 2.18. The van der Waals surface area contributed by atoms with E-state index in [9.17, 15) is 13.2 Å². The Bertz CT molecular complexity index is 310. The molecule has 1 aromatic carbocycles. The molecule has 0 aliphatic heterocycles. The second-order valence-electron chi connectivity index (χ2n) is 2.48. The molecule has 15 heavy (non-hydrogen) atoms. The molecule has 0 atom stereocenters. The van der Waals surface area contributed by atoms with Crippen LogP contribution >= 0.6 is 11.6 Å². The third-order valence-electron chi connectivity index (χ3n) is 1.51. The molecule has 0 heterocycles. The van der Waals surface area contributed by atoms with Crippen LogP contribution in [0.15, 0.2) is 18.2 Å². The summed E-state index contributed by atoms with van der Waals surface area (Å²) in [7, 11) is 1.53. The molecule has 0 unspecified atom stereocenters. The van der Waals surface area contributed by atoms with Gasteiger partial charge in [0.15, 0.2) is 0 Å². The van der Waals surface area contributed by atoms with Gasteiger partial charge in [0.2, 0.25) is 0 Å². The van der Waals surface area contributed by atoms with Crippen LogP contribution in [0.25, 0.3) is 0 Å². The molecule has 1 nitrogen and oxygen atoms in total. The number of hydrogen-bond donors (Lipinski definition) is 1. The van der Waals surface area contributed by atoms with Crippen molar-refractivity contribution in [1.82, 2.24) is 0 Å². The van der Waals surface area contributed by atoms with Crippen LogP contribution in [-0.2, 0) is 6.18 Å². The number of nitrogens with one attached hydrogen (secondary N) is 1. The molecule has 0 saturated heterocycles. The largest absolute Gasteiger partial charge is 0.416 e. The Morgan fingerprint density at radius 1 is 1.13 bits per heavy atom. The normalized spacial score (nSPS) is 10.3. The molecular weight excluding hydrogens is 227 g/mol. The molecule has 1 N–H and O–H groups in total. The van der Waals surface area contributed by atoms with Crippen LogP contribution in [0.3, 0.4) is 0 Å². The number of halogens is 4. The summed E-state index contributed by atoms with van der Waals surface area (Å²) in [6, 6.07) is 3.32. The third kappa shape index (κ3) is 4.42. The highest BCUT2D eigenvalue weighted by Crippen LogP contribution is 2.32. The summed E-state index contributed by atoms with van der Waals surface area (Å²) < 4.78 is 36.6. The minimum atomic E-state index is -4.35. The zero-order chi connectivity index (χ0) is 12.1. The van der Waals surface area contributed by atoms with Crippen LogP contribution in [0.5, 0.6) is 0 Å². The lowest BCUT2D eigenvalue weighted by atomic mass is 10.2. The molecule has 0 fully saturated rings. The van der Waals surface area contributed by atoms with Gasteiger partial charge in [0.25, 0.3) is 0 Å². The zero-order valence-corrected chi connectivity index (χ0v) is 9.50. The molecule has 86 valence electrons. The second-order valence-corrected chi connectivity index (χ2v) is 2.91. The Kier molecular flexibility index (Phi) is 5.50. The van der Waals surface area contributed by atoms with E-state index in [1.165, 1.54) is 13.1 Å². The summed E-state index contributed by atoms with van der Waals surface area (Å²) in [5.41, 5.74) is -0.399. The zero-order valence-electron chi connectivity index (χ0n) is 8.74. The van der Waals surface area contributed by atoms with E-state index in [2.05, 4.69) is 5.32 Å². The Balaban J connectivity index is 0.000000921. The molecule has 0 aliphatic rings. The summed E-state index contributed by atoms with van der Waals surface area (Å²) in [6.45, 7) is 4.00. The lowest BCUT2D eigenvalue weighted by molar-refractivity contribution is -0.137. The van der Waals surface area contributed by atoms with Crippen LogP contribution in [0.2, 0.25) is 5.02 Å². The van der Waals surface area contributed by atoms with Gasteiger partial charge < -0.3 is 5.32 Å². The number of hydrogen-bond acceptors (Lipinski definition) is 1. The Morgan fingerprint density at radius 3 is 2.07 bits per heavy atom. The van der Waals surface area contributed by atoms with Crippen molar-refractivity contribution in [3.8, 4) is 0 Å². The van der Waals surface area contributed by atoms with Gasteiger partial charge in [-0.25, -0.2) is 0 Å². The Labute approximate surface area is 92.2 Å². The van der Waals surface area contributed by atoms with Crippen molar-refractivity contribution in [2.45, 2.75) is 20.0 Å². The predicted octanol–water partition coefficient (Wildman–Crippen LogP) is 4.43.